The lowest BCUT2D eigenvalue weighted by Gasteiger charge is -2.08. The number of rotatable bonds is 4. The largest absolute Gasteiger partial charge is 0.433 e. The van der Waals surface area contributed by atoms with E-state index < -0.39 is 11.9 Å². The fourth-order valence-electron chi connectivity index (χ4n) is 1.53. The van der Waals surface area contributed by atoms with Crippen molar-refractivity contribution >= 4 is 17.7 Å². The molecule has 0 atom stereocenters. The van der Waals surface area contributed by atoms with Gasteiger partial charge in [-0.15, -0.1) is 11.8 Å². The molecule has 3 nitrogen and oxygen atoms in total. The van der Waals surface area contributed by atoms with Gasteiger partial charge in [0.15, 0.2) is 0 Å². The smallest absolute Gasteiger partial charge is 0.350 e. The number of nitrogens with one attached hydrogen (secondary N) is 1. The van der Waals surface area contributed by atoms with Gasteiger partial charge in [0.05, 0.1) is 0 Å². The number of aromatic nitrogens is 2. The maximum Gasteiger partial charge on any atom is 0.433 e. The van der Waals surface area contributed by atoms with Crippen LogP contribution < -0.4 is 5.32 Å². The first kappa shape index (κ1) is 14.6. The summed E-state index contributed by atoms with van der Waals surface area (Å²) in [4.78, 5) is 8.35. The Balaban J connectivity index is 2.03. The van der Waals surface area contributed by atoms with Gasteiger partial charge in [-0.1, -0.05) is 12.1 Å². The minimum Gasteiger partial charge on any atom is -0.350 e. The molecule has 1 heterocycles. The first-order valence-corrected chi connectivity index (χ1v) is 6.98. The van der Waals surface area contributed by atoms with Crippen LogP contribution in [0.3, 0.4) is 0 Å². The van der Waals surface area contributed by atoms with Gasteiger partial charge in [-0.3, -0.25) is 0 Å². The summed E-state index contributed by atoms with van der Waals surface area (Å²) in [6.45, 7) is 0.371. The zero-order valence-electron chi connectivity index (χ0n) is 10.6. The van der Waals surface area contributed by atoms with Crippen molar-refractivity contribution in [2.24, 2.45) is 0 Å². The van der Waals surface area contributed by atoms with Gasteiger partial charge >= 0.3 is 6.18 Å². The van der Waals surface area contributed by atoms with E-state index in [1.807, 2.05) is 30.5 Å². The second kappa shape index (κ2) is 6.13. The summed E-state index contributed by atoms with van der Waals surface area (Å²) >= 11 is 1.63. The SMILES string of the molecule is CSc1ccc(CNc2nccc(C(F)(F)F)n2)cc1. The first-order chi connectivity index (χ1) is 9.49. The van der Waals surface area contributed by atoms with Gasteiger partial charge in [0.25, 0.3) is 0 Å². The van der Waals surface area contributed by atoms with Crippen molar-refractivity contribution in [1.29, 1.82) is 0 Å². The third-order valence-electron chi connectivity index (χ3n) is 2.56. The van der Waals surface area contributed by atoms with Gasteiger partial charge in [-0.25, -0.2) is 9.97 Å². The van der Waals surface area contributed by atoms with Crippen LogP contribution in [-0.2, 0) is 12.7 Å². The lowest BCUT2D eigenvalue weighted by Crippen LogP contribution is -2.11. The molecule has 0 unspecified atom stereocenters. The highest BCUT2D eigenvalue weighted by Crippen LogP contribution is 2.27. The van der Waals surface area contributed by atoms with Crippen molar-refractivity contribution in [3.8, 4) is 0 Å². The fourth-order valence-corrected chi connectivity index (χ4v) is 1.93. The molecule has 0 saturated heterocycles. The Bertz CT molecular complexity index is 570. The van der Waals surface area contributed by atoms with Crippen molar-refractivity contribution in [3.63, 3.8) is 0 Å². The topological polar surface area (TPSA) is 37.8 Å². The van der Waals surface area contributed by atoms with Crippen molar-refractivity contribution in [2.45, 2.75) is 17.6 Å². The van der Waals surface area contributed by atoms with E-state index in [0.717, 1.165) is 22.7 Å². The van der Waals surface area contributed by atoms with Crippen LogP contribution in [0, 0.1) is 0 Å². The number of alkyl halides is 3. The van der Waals surface area contributed by atoms with Gasteiger partial charge in [-0.05, 0) is 30.0 Å². The third-order valence-corrected chi connectivity index (χ3v) is 3.30. The summed E-state index contributed by atoms with van der Waals surface area (Å²) in [6.07, 6.45) is -1.39. The van der Waals surface area contributed by atoms with Crippen molar-refractivity contribution in [3.05, 3.63) is 47.8 Å². The number of halogens is 3. The van der Waals surface area contributed by atoms with Crippen LogP contribution in [-0.4, -0.2) is 16.2 Å². The second-order valence-electron chi connectivity index (χ2n) is 3.96. The van der Waals surface area contributed by atoms with Gasteiger partial charge in [0.1, 0.15) is 5.69 Å². The van der Waals surface area contributed by atoms with Crippen LogP contribution in [0.4, 0.5) is 19.1 Å². The summed E-state index contributed by atoms with van der Waals surface area (Å²) in [7, 11) is 0. The molecule has 1 aromatic carbocycles. The lowest BCUT2D eigenvalue weighted by atomic mass is 10.2. The van der Waals surface area contributed by atoms with Crippen LogP contribution in [0.25, 0.3) is 0 Å². The molecule has 2 rings (SSSR count). The van der Waals surface area contributed by atoms with Crippen molar-refractivity contribution < 1.29 is 13.2 Å². The maximum atomic E-state index is 12.5. The Hall–Kier alpha value is -1.76. The molecular formula is C13H12F3N3S. The highest BCUT2D eigenvalue weighted by molar-refractivity contribution is 7.98. The maximum absolute atomic E-state index is 12.5. The normalized spacial score (nSPS) is 11.4. The molecule has 0 fully saturated rings. The molecule has 0 spiro atoms. The quantitative estimate of drug-likeness (QED) is 0.871. The standard InChI is InChI=1S/C13H12F3N3S/c1-20-10-4-2-9(3-5-10)8-18-12-17-7-6-11(19-12)13(14,15)16/h2-7H,8H2,1H3,(H,17,18,19). The Morgan fingerprint density at radius 1 is 1.15 bits per heavy atom. The fraction of sp³-hybridized carbons (Fsp3) is 0.231. The molecule has 2 aromatic rings. The molecule has 0 radical (unpaired) electrons. The molecule has 0 amide bonds. The van der Waals surface area contributed by atoms with Crippen LogP contribution >= 0.6 is 11.8 Å². The Kier molecular flexibility index (Phi) is 4.49. The highest BCUT2D eigenvalue weighted by atomic mass is 32.2. The van der Waals surface area contributed by atoms with Gasteiger partial charge in [0.2, 0.25) is 5.95 Å². The highest BCUT2D eigenvalue weighted by Gasteiger charge is 2.32. The molecule has 0 aliphatic rings. The summed E-state index contributed by atoms with van der Waals surface area (Å²) in [5, 5.41) is 2.78. The van der Waals surface area contributed by atoms with Crippen LogP contribution in [0.15, 0.2) is 41.4 Å². The van der Waals surface area contributed by atoms with Gasteiger partial charge in [-0.2, -0.15) is 13.2 Å². The number of nitrogens with zero attached hydrogens (tertiary/aromatic N) is 2. The van der Waals surface area contributed by atoms with E-state index in [-0.39, 0.29) is 5.95 Å². The van der Waals surface area contributed by atoms with Crippen LogP contribution in [0.5, 0.6) is 0 Å². The average Bonchev–Trinajstić information content (AvgIpc) is 2.45. The third kappa shape index (κ3) is 3.86. The molecule has 106 valence electrons. The molecule has 20 heavy (non-hydrogen) atoms. The van der Waals surface area contributed by atoms with Gasteiger partial charge < -0.3 is 5.32 Å². The first-order valence-electron chi connectivity index (χ1n) is 5.76. The van der Waals surface area contributed by atoms with E-state index in [1.54, 1.807) is 11.8 Å². The van der Waals surface area contributed by atoms with Crippen LogP contribution in [0.2, 0.25) is 0 Å². The second-order valence-corrected chi connectivity index (χ2v) is 4.84. The Morgan fingerprint density at radius 2 is 1.85 bits per heavy atom. The molecule has 7 heteroatoms. The minimum absolute atomic E-state index is 0.0335. The zero-order valence-corrected chi connectivity index (χ0v) is 11.4. The van der Waals surface area contributed by atoms with Gasteiger partial charge in [0, 0.05) is 17.6 Å². The molecule has 0 bridgehead atoms. The van der Waals surface area contributed by atoms with Crippen LogP contribution in [0.1, 0.15) is 11.3 Å². The zero-order chi connectivity index (χ0) is 14.6. The molecule has 0 saturated carbocycles. The number of benzene rings is 1. The predicted octanol–water partition coefficient (Wildman–Crippen LogP) is 3.83. The number of thioether (sulfide) groups is 1. The van der Waals surface area contributed by atoms with E-state index in [2.05, 4.69) is 15.3 Å². The van der Waals surface area contributed by atoms with E-state index >= 15 is 0 Å². The molecular weight excluding hydrogens is 287 g/mol. The summed E-state index contributed by atoms with van der Waals surface area (Å²) in [5.74, 6) is -0.0335. The summed E-state index contributed by atoms with van der Waals surface area (Å²) in [6, 6.07) is 8.57. The lowest BCUT2D eigenvalue weighted by molar-refractivity contribution is -0.141. The Morgan fingerprint density at radius 3 is 2.45 bits per heavy atom. The average molecular weight is 299 g/mol. The van der Waals surface area contributed by atoms with Crippen molar-refractivity contribution in [1.82, 2.24) is 9.97 Å². The minimum atomic E-state index is -4.46. The molecule has 0 aliphatic carbocycles. The predicted molar refractivity (Wildman–Crippen MR) is 72.6 cm³/mol. The van der Waals surface area contributed by atoms with E-state index in [9.17, 15) is 13.2 Å². The molecule has 1 N–H and O–H groups in total. The molecule has 1 aromatic heterocycles. The number of anilines is 1. The monoisotopic (exact) mass is 299 g/mol. The number of hydrogen-bond donors (Lipinski definition) is 1. The summed E-state index contributed by atoms with van der Waals surface area (Å²) < 4.78 is 37.5. The van der Waals surface area contributed by atoms with E-state index in [4.69, 9.17) is 0 Å². The molecule has 0 aliphatic heterocycles. The summed E-state index contributed by atoms with van der Waals surface area (Å²) in [5.41, 5.74) is -0.00320. The Labute approximate surface area is 118 Å². The number of hydrogen-bond acceptors (Lipinski definition) is 4. The van der Waals surface area contributed by atoms with Crippen molar-refractivity contribution in [2.75, 3.05) is 11.6 Å². The van der Waals surface area contributed by atoms with E-state index in [1.165, 1.54) is 0 Å². The van der Waals surface area contributed by atoms with E-state index in [0.29, 0.717) is 6.54 Å².